The van der Waals surface area contributed by atoms with Crippen molar-refractivity contribution in [1.29, 1.82) is 0 Å². The van der Waals surface area contributed by atoms with Crippen LogP contribution in [0.2, 0.25) is 0 Å². The Hall–Kier alpha value is -2.19. The van der Waals surface area contributed by atoms with Crippen LogP contribution in [0.15, 0.2) is 35.3 Å². The molecule has 132 valence electrons. The molecule has 1 unspecified atom stereocenters. The summed E-state index contributed by atoms with van der Waals surface area (Å²) in [6.07, 6.45) is 0. The third-order valence-corrected chi connectivity index (χ3v) is 5.16. The fourth-order valence-corrected chi connectivity index (χ4v) is 3.77. The quantitative estimate of drug-likeness (QED) is 0.585. The molecule has 7 nitrogen and oxygen atoms in total. The molecular weight excluding hydrogens is 340 g/mol. The van der Waals surface area contributed by atoms with Crippen LogP contribution in [0.3, 0.4) is 0 Å². The van der Waals surface area contributed by atoms with Crippen LogP contribution in [0.1, 0.15) is 5.56 Å². The molecule has 8 heteroatoms. The van der Waals surface area contributed by atoms with Crippen LogP contribution in [-0.4, -0.2) is 76.9 Å². The Balaban J connectivity index is 1.95. The van der Waals surface area contributed by atoms with Crippen molar-refractivity contribution < 1.29 is 18.9 Å². The molecule has 25 heavy (non-hydrogen) atoms. The average Bonchev–Trinajstić information content (AvgIpc) is 2.98. The number of imide groups is 1. The summed E-state index contributed by atoms with van der Waals surface area (Å²) in [7, 11) is 4.81. The minimum Gasteiger partial charge on any atom is -0.384 e. The fraction of sp³-hybridized carbons (Fsp3) is 0.412. The molecule has 0 bridgehead atoms. The molecular formula is C17H21N4O3S+. The fourth-order valence-electron chi connectivity index (χ4n) is 2.85. The van der Waals surface area contributed by atoms with Crippen molar-refractivity contribution in [3.63, 3.8) is 0 Å². The van der Waals surface area contributed by atoms with Crippen molar-refractivity contribution in [3.05, 3.63) is 35.9 Å². The number of hydrogen-bond donors (Lipinski definition) is 0. The number of thioether (sulfide) groups is 1. The van der Waals surface area contributed by atoms with E-state index in [1.54, 1.807) is 14.2 Å². The first-order valence-corrected chi connectivity index (χ1v) is 8.96. The maximum absolute atomic E-state index is 12.7. The standard InChI is InChI=1S/C17H21N4O3S/c1-19-14-13(15(22)20(2)17(19)23)21(11-12-7-5-4-6-8-12)16(18-14)25-10-9-24-3/h4-8,13H,9-11H2,1-3H3/q+1. The zero-order chi connectivity index (χ0) is 18.0. The van der Waals surface area contributed by atoms with Crippen molar-refractivity contribution in [3.8, 4) is 0 Å². The van der Waals surface area contributed by atoms with Gasteiger partial charge in [-0.2, -0.15) is 0 Å². The molecule has 2 heterocycles. The lowest BCUT2D eigenvalue weighted by atomic mass is 10.1. The molecule has 1 aromatic rings. The first kappa shape index (κ1) is 17.6. The number of aliphatic imine (C=N–C) groups is 1. The summed E-state index contributed by atoms with van der Waals surface area (Å²) in [6.45, 7) is 1.14. The second kappa shape index (κ2) is 7.37. The summed E-state index contributed by atoms with van der Waals surface area (Å²) in [5.74, 6) is 0.964. The number of hydrogen-bond acceptors (Lipinski definition) is 5. The lowest BCUT2D eigenvalue weighted by molar-refractivity contribution is -0.548. The van der Waals surface area contributed by atoms with Gasteiger partial charge in [0.15, 0.2) is 0 Å². The summed E-state index contributed by atoms with van der Waals surface area (Å²) >= 11 is 1.53. The van der Waals surface area contributed by atoms with Gasteiger partial charge in [-0.1, -0.05) is 30.3 Å². The average molecular weight is 361 g/mol. The molecule has 1 atom stereocenters. The molecule has 0 N–H and O–H groups in total. The van der Waals surface area contributed by atoms with Crippen molar-refractivity contribution >= 4 is 34.7 Å². The minimum atomic E-state index is -0.571. The minimum absolute atomic E-state index is 0.250. The molecule has 1 aromatic carbocycles. The van der Waals surface area contributed by atoms with Crippen LogP contribution in [-0.2, 0) is 16.1 Å². The summed E-state index contributed by atoms with van der Waals surface area (Å²) in [5.41, 5.74) is 1.08. The number of carbonyl (C=O) groups is 2. The number of fused-ring (bicyclic) bond motifs is 1. The second-order valence-corrected chi connectivity index (χ2v) is 6.91. The Morgan fingerprint density at radius 1 is 1.20 bits per heavy atom. The van der Waals surface area contributed by atoms with E-state index in [0.717, 1.165) is 21.4 Å². The van der Waals surface area contributed by atoms with Gasteiger partial charge in [-0.15, -0.1) is 0 Å². The Kier molecular flexibility index (Phi) is 5.19. The molecule has 2 aliphatic rings. The summed E-state index contributed by atoms with van der Waals surface area (Å²) in [6, 6.07) is 8.99. The third-order valence-electron chi connectivity index (χ3n) is 4.21. The molecule has 0 aliphatic carbocycles. The number of amides is 3. The number of benzene rings is 1. The molecule has 0 radical (unpaired) electrons. The Labute approximate surface area is 151 Å². The number of amidine groups is 2. The van der Waals surface area contributed by atoms with Crippen molar-refractivity contribution in [1.82, 2.24) is 9.80 Å². The van der Waals surface area contributed by atoms with Gasteiger partial charge in [0, 0.05) is 27.0 Å². The first-order valence-electron chi connectivity index (χ1n) is 7.97. The van der Waals surface area contributed by atoms with Gasteiger partial charge in [0.05, 0.1) is 6.61 Å². The Morgan fingerprint density at radius 3 is 2.60 bits per heavy atom. The molecule has 0 spiro atoms. The van der Waals surface area contributed by atoms with E-state index in [-0.39, 0.29) is 11.9 Å². The second-order valence-electron chi connectivity index (χ2n) is 5.85. The van der Waals surface area contributed by atoms with Gasteiger partial charge in [0.2, 0.25) is 0 Å². The Bertz CT molecular complexity index is 748. The first-order chi connectivity index (χ1) is 12.0. The van der Waals surface area contributed by atoms with Crippen LogP contribution >= 0.6 is 11.8 Å². The molecule has 1 fully saturated rings. The zero-order valence-electron chi connectivity index (χ0n) is 14.5. The highest BCUT2D eigenvalue weighted by Gasteiger charge is 2.53. The van der Waals surface area contributed by atoms with Gasteiger partial charge >= 0.3 is 11.2 Å². The van der Waals surface area contributed by atoms with Crippen molar-refractivity contribution in [2.24, 2.45) is 4.99 Å². The SMILES string of the molecule is COCCSC1=[N+](Cc2ccccc2)C2C(=O)N(C)C(=O)N(C)C2=N1. The molecule has 1 saturated heterocycles. The largest absolute Gasteiger partial charge is 0.384 e. The van der Waals surface area contributed by atoms with Crippen LogP contribution < -0.4 is 0 Å². The molecule has 0 saturated carbocycles. The van der Waals surface area contributed by atoms with E-state index in [2.05, 4.69) is 4.99 Å². The van der Waals surface area contributed by atoms with Crippen LogP contribution in [0.4, 0.5) is 4.79 Å². The lowest BCUT2D eigenvalue weighted by Gasteiger charge is -2.30. The predicted octanol–water partition coefficient (Wildman–Crippen LogP) is 1.24. The van der Waals surface area contributed by atoms with Gasteiger partial charge < -0.3 is 4.74 Å². The Morgan fingerprint density at radius 2 is 1.92 bits per heavy atom. The molecule has 3 rings (SSSR count). The normalized spacial score (nSPS) is 20.3. The topological polar surface area (TPSA) is 65.2 Å². The van der Waals surface area contributed by atoms with Gasteiger partial charge in [-0.3, -0.25) is 14.6 Å². The van der Waals surface area contributed by atoms with Crippen LogP contribution in [0.25, 0.3) is 0 Å². The maximum atomic E-state index is 12.7. The third kappa shape index (κ3) is 3.32. The lowest BCUT2D eigenvalue weighted by Crippen LogP contribution is -2.61. The number of carbonyl (C=O) groups excluding carboxylic acids is 2. The highest BCUT2D eigenvalue weighted by molar-refractivity contribution is 8.13. The number of ether oxygens (including phenoxy) is 1. The summed E-state index contributed by atoms with van der Waals surface area (Å²) in [4.78, 5) is 32.2. The van der Waals surface area contributed by atoms with Crippen LogP contribution in [0, 0.1) is 0 Å². The highest BCUT2D eigenvalue weighted by Crippen LogP contribution is 2.24. The highest BCUT2D eigenvalue weighted by atomic mass is 32.2. The molecule has 3 amide bonds. The zero-order valence-corrected chi connectivity index (χ0v) is 15.3. The predicted molar refractivity (Wildman–Crippen MR) is 96.9 cm³/mol. The van der Waals surface area contributed by atoms with Gasteiger partial charge in [0.1, 0.15) is 6.54 Å². The number of urea groups is 1. The van der Waals surface area contributed by atoms with Crippen molar-refractivity contribution in [2.75, 3.05) is 33.6 Å². The van der Waals surface area contributed by atoms with Gasteiger partial charge in [-0.05, 0) is 22.3 Å². The van der Waals surface area contributed by atoms with E-state index < -0.39 is 6.04 Å². The van der Waals surface area contributed by atoms with Gasteiger partial charge in [0.25, 0.3) is 17.8 Å². The summed E-state index contributed by atoms with van der Waals surface area (Å²) < 4.78 is 7.07. The van der Waals surface area contributed by atoms with E-state index in [9.17, 15) is 9.59 Å². The van der Waals surface area contributed by atoms with Gasteiger partial charge in [-0.25, -0.2) is 9.37 Å². The number of likely N-dealkylation sites (N-methyl/N-ethyl adjacent to an activating group) is 2. The van der Waals surface area contributed by atoms with E-state index >= 15 is 0 Å². The van der Waals surface area contributed by atoms with Crippen LogP contribution in [0.5, 0.6) is 0 Å². The van der Waals surface area contributed by atoms with E-state index in [0.29, 0.717) is 19.0 Å². The molecule has 2 aliphatic heterocycles. The van der Waals surface area contributed by atoms with E-state index in [1.165, 1.54) is 23.7 Å². The van der Waals surface area contributed by atoms with E-state index in [4.69, 9.17) is 4.74 Å². The monoisotopic (exact) mass is 361 g/mol. The number of methoxy groups -OCH3 is 1. The van der Waals surface area contributed by atoms with E-state index in [1.807, 2.05) is 34.9 Å². The maximum Gasteiger partial charge on any atom is 0.358 e. The van der Waals surface area contributed by atoms with Crippen molar-refractivity contribution in [2.45, 2.75) is 12.6 Å². The summed E-state index contributed by atoms with van der Waals surface area (Å²) in [5, 5.41) is 0.740. The number of nitrogens with zero attached hydrogens (tertiary/aromatic N) is 4. The molecule has 0 aromatic heterocycles. The smallest absolute Gasteiger partial charge is 0.358 e. The number of rotatable bonds is 5.